The molecule has 1 heterocycles. The Kier molecular flexibility index (Phi) is 3.27. The van der Waals surface area contributed by atoms with E-state index in [1.807, 2.05) is 24.3 Å². The summed E-state index contributed by atoms with van der Waals surface area (Å²) in [5.74, 6) is 0.860. The quantitative estimate of drug-likeness (QED) is 0.884. The molecule has 0 aliphatic rings. The van der Waals surface area contributed by atoms with Gasteiger partial charge in [-0.1, -0.05) is 12.1 Å². The van der Waals surface area contributed by atoms with E-state index >= 15 is 0 Å². The fraction of sp³-hybridized carbons (Fsp3) is 0.231. The fourth-order valence-electron chi connectivity index (χ4n) is 1.67. The molecule has 0 aliphatic carbocycles. The summed E-state index contributed by atoms with van der Waals surface area (Å²) in [6.45, 7) is 2.09. The molecule has 0 bridgehead atoms. The summed E-state index contributed by atoms with van der Waals surface area (Å²) in [7, 11) is 1.67. The number of hydrogen-bond acceptors (Lipinski definition) is 3. The highest BCUT2D eigenvalue weighted by molar-refractivity contribution is 7.10. The van der Waals surface area contributed by atoms with Crippen LogP contribution in [-0.4, -0.2) is 7.11 Å². The second-order valence-corrected chi connectivity index (χ2v) is 4.67. The van der Waals surface area contributed by atoms with E-state index in [1.54, 1.807) is 18.4 Å². The highest BCUT2D eigenvalue weighted by Crippen LogP contribution is 2.28. The molecule has 84 valence electrons. The Bertz CT molecular complexity index is 461. The lowest BCUT2D eigenvalue weighted by atomic mass is 10.0. The van der Waals surface area contributed by atoms with Gasteiger partial charge in [0.15, 0.2) is 0 Å². The predicted molar refractivity (Wildman–Crippen MR) is 68.1 cm³/mol. The third kappa shape index (κ3) is 2.10. The van der Waals surface area contributed by atoms with Crippen molar-refractivity contribution in [1.82, 2.24) is 0 Å². The zero-order valence-electron chi connectivity index (χ0n) is 9.44. The summed E-state index contributed by atoms with van der Waals surface area (Å²) >= 11 is 1.71. The first kappa shape index (κ1) is 11.2. The number of ether oxygens (including phenoxy) is 1. The van der Waals surface area contributed by atoms with Gasteiger partial charge in [0.05, 0.1) is 13.2 Å². The van der Waals surface area contributed by atoms with Gasteiger partial charge in [-0.3, -0.25) is 0 Å². The Balaban J connectivity index is 2.27. The van der Waals surface area contributed by atoms with Crippen molar-refractivity contribution in [2.75, 3.05) is 7.11 Å². The van der Waals surface area contributed by atoms with Crippen LogP contribution in [0.4, 0.5) is 0 Å². The van der Waals surface area contributed by atoms with Crippen LogP contribution in [0.15, 0.2) is 35.7 Å². The lowest BCUT2D eigenvalue weighted by Crippen LogP contribution is -2.11. The molecule has 0 saturated carbocycles. The second-order valence-electron chi connectivity index (χ2n) is 3.72. The Morgan fingerprint density at radius 2 is 1.88 bits per heavy atom. The molecule has 2 nitrogen and oxygen atoms in total. The topological polar surface area (TPSA) is 35.2 Å². The van der Waals surface area contributed by atoms with Gasteiger partial charge in [-0.15, -0.1) is 11.3 Å². The van der Waals surface area contributed by atoms with Gasteiger partial charge in [0, 0.05) is 4.88 Å². The number of nitrogens with two attached hydrogens (primary N) is 1. The molecule has 16 heavy (non-hydrogen) atoms. The van der Waals surface area contributed by atoms with Gasteiger partial charge < -0.3 is 10.5 Å². The van der Waals surface area contributed by atoms with Crippen molar-refractivity contribution in [2.24, 2.45) is 5.73 Å². The van der Waals surface area contributed by atoms with Gasteiger partial charge >= 0.3 is 0 Å². The van der Waals surface area contributed by atoms with E-state index in [2.05, 4.69) is 18.4 Å². The maximum atomic E-state index is 6.22. The fourth-order valence-corrected chi connectivity index (χ4v) is 2.62. The van der Waals surface area contributed by atoms with Crippen LogP contribution >= 0.6 is 11.3 Å². The van der Waals surface area contributed by atoms with Crippen molar-refractivity contribution in [3.8, 4) is 5.75 Å². The number of methoxy groups -OCH3 is 1. The Hall–Kier alpha value is -1.32. The summed E-state index contributed by atoms with van der Waals surface area (Å²) in [5, 5.41) is 2.08. The van der Waals surface area contributed by atoms with Crippen molar-refractivity contribution >= 4 is 11.3 Å². The molecule has 1 unspecified atom stereocenters. The molecule has 3 heteroatoms. The molecule has 2 N–H and O–H groups in total. The summed E-state index contributed by atoms with van der Waals surface area (Å²) < 4.78 is 5.13. The molecule has 1 atom stereocenters. The van der Waals surface area contributed by atoms with Gasteiger partial charge in [-0.2, -0.15) is 0 Å². The van der Waals surface area contributed by atoms with Crippen LogP contribution in [0.3, 0.4) is 0 Å². The molecular formula is C13H15NOS. The van der Waals surface area contributed by atoms with Gasteiger partial charge in [0.2, 0.25) is 0 Å². The van der Waals surface area contributed by atoms with E-state index in [-0.39, 0.29) is 6.04 Å². The van der Waals surface area contributed by atoms with Crippen molar-refractivity contribution in [3.63, 3.8) is 0 Å². The van der Waals surface area contributed by atoms with Crippen LogP contribution < -0.4 is 10.5 Å². The summed E-state index contributed by atoms with van der Waals surface area (Å²) in [4.78, 5) is 1.23. The third-order valence-corrected chi connectivity index (χ3v) is 3.76. The molecule has 0 amide bonds. The SMILES string of the molecule is COc1ccc(C(N)c2sccc2C)cc1. The molecule has 2 rings (SSSR count). The maximum absolute atomic E-state index is 6.22. The van der Waals surface area contributed by atoms with Crippen LogP contribution in [0.5, 0.6) is 5.75 Å². The van der Waals surface area contributed by atoms with Gasteiger partial charge in [-0.05, 0) is 41.6 Å². The average molecular weight is 233 g/mol. The predicted octanol–water partition coefficient (Wildman–Crippen LogP) is 3.11. The van der Waals surface area contributed by atoms with E-state index in [0.29, 0.717) is 0 Å². The van der Waals surface area contributed by atoms with Crippen LogP contribution in [0, 0.1) is 6.92 Å². The summed E-state index contributed by atoms with van der Waals surface area (Å²) in [6.07, 6.45) is 0. The zero-order valence-corrected chi connectivity index (χ0v) is 10.3. The van der Waals surface area contributed by atoms with E-state index in [4.69, 9.17) is 10.5 Å². The molecule has 1 aromatic carbocycles. The Morgan fingerprint density at radius 1 is 1.19 bits per heavy atom. The minimum atomic E-state index is -0.0362. The molecule has 0 spiro atoms. The summed E-state index contributed by atoms with van der Waals surface area (Å²) in [6, 6.07) is 9.98. The van der Waals surface area contributed by atoms with E-state index < -0.39 is 0 Å². The molecule has 2 aromatic rings. The van der Waals surface area contributed by atoms with E-state index in [1.165, 1.54) is 10.4 Å². The first-order valence-electron chi connectivity index (χ1n) is 5.16. The van der Waals surface area contributed by atoms with Crippen molar-refractivity contribution in [2.45, 2.75) is 13.0 Å². The van der Waals surface area contributed by atoms with Crippen LogP contribution in [-0.2, 0) is 0 Å². The lowest BCUT2D eigenvalue weighted by molar-refractivity contribution is 0.414. The summed E-state index contributed by atoms with van der Waals surface area (Å²) in [5.41, 5.74) is 8.60. The third-order valence-electron chi connectivity index (χ3n) is 2.66. The molecule has 0 fully saturated rings. The first-order chi connectivity index (χ1) is 7.72. The van der Waals surface area contributed by atoms with Gasteiger partial charge in [0.25, 0.3) is 0 Å². The largest absolute Gasteiger partial charge is 0.497 e. The standard InChI is InChI=1S/C13H15NOS/c1-9-7-8-16-13(9)12(14)10-3-5-11(15-2)6-4-10/h3-8,12H,14H2,1-2H3. The number of rotatable bonds is 3. The van der Waals surface area contributed by atoms with Crippen molar-refractivity contribution < 1.29 is 4.74 Å². The Labute approximate surface area is 99.7 Å². The first-order valence-corrected chi connectivity index (χ1v) is 6.04. The average Bonchev–Trinajstić information content (AvgIpc) is 2.75. The lowest BCUT2D eigenvalue weighted by Gasteiger charge is -2.12. The number of hydrogen-bond donors (Lipinski definition) is 1. The maximum Gasteiger partial charge on any atom is 0.118 e. The number of aryl methyl sites for hydroxylation is 1. The van der Waals surface area contributed by atoms with E-state index in [9.17, 15) is 0 Å². The monoisotopic (exact) mass is 233 g/mol. The van der Waals surface area contributed by atoms with Crippen LogP contribution in [0.2, 0.25) is 0 Å². The Morgan fingerprint density at radius 3 is 2.38 bits per heavy atom. The molecule has 0 saturated heterocycles. The highest BCUT2D eigenvalue weighted by atomic mass is 32.1. The van der Waals surface area contributed by atoms with E-state index in [0.717, 1.165) is 11.3 Å². The molecule has 0 aliphatic heterocycles. The molecule has 0 radical (unpaired) electrons. The van der Waals surface area contributed by atoms with Gasteiger partial charge in [-0.25, -0.2) is 0 Å². The smallest absolute Gasteiger partial charge is 0.118 e. The molecule has 1 aromatic heterocycles. The second kappa shape index (κ2) is 4.68. The minimum Gasteiger partial charge on any atom is -0.497 e. The minimum absolute atomic E-state index is 0.0362. The highest BCUT2D eigenvalue weighted by Gasteiger charge is 2.12. The van der Waals surface area contributed by atoms with Crippen LogP contribution in [0.25, 0.3) is 0 Å². The van der Waals surface area contributed by atoms with Crippen LogP contribution in [0.1, 0.15) is 22.0 Å². The van der Waals surface area contributed by atoms with Crippen molar-refractivity contribution in [3.05, 3.63) is 51.7 Å². The van der Waals surface area contributed by atoms with Crippen molar-refractivity contribution in [1.29, 1.82) is 0 Å². The van der Waals surface area contributed by atoms with Gasteiger partial charge in [0.1, 0.15) is 5.75 Å². The molecular weight excluding hydrogens is 218 g/mol. The zero-order chi connectivity index (χ0) is 11.5. The number of benzene rings is 1. The normalized spacial score (nSPS) is 12.4. The number of thiophene rings is 1.